The number of β-amino-alcohol motifs (C(OH)–C–C–N with tert-alkyl or cyclic N) is 1. The van der Waals surface area contributed by atoms with E-state index in [4.69, 9.17) is 17.3 Å². The van der Waals surface area contributed by atoms with Crippen LogP contribution in [-0.4, -0.2) is 53.3 Å². The van der Waals surface area contributed by atoms with Crippen molar-refractivity contribution in [2.75, 3.05) is 43.4 Å². The van der Waals surface area contributed by atoms with E-state index >= 15 is 0 Å². The minimum absolute atomic E-state index is 0.461. The fourth-order valence-corrected chi connectivity index (χ4v) is 2.50. The number of piperazine rings is 1. The standard InChI is InChI=1S/C13H21ClN4O/c1-13(2,19)9-17-5-7-18(8-6-17)12-10(15)3-4-11(14)16-12/h3-4,19H,5-9,15H2,1-2H3. The zero-order valence-corrected chi connectivity index (χ0v) is 12.2. The molecule has 0 radical (unpaired) electrons. The number of hydrogen-bond donors (Lipinski definition) is 2. The molecule has 0 amide bonds. The summed E-state index contributed by atoms with van der Waals surface area (Å²) in [6, 6.07) is 3.48. The fraction of sp³-hybridized carbons (Fsp3) is 0.615. The summed E-state index contributed by atoms with van der Waals surface area (Å²) in [6.45, 7) is 7.79. The molecule has 0 spiro atoms. The highest BCUT2D eigenvalue weighted by Crippen LogP contribution is 2.24. The molecule has 0 aromatic carbocycles. The molecule has 1 saturated heterocycles. The first kappa shape index (κ1) is 14.4. The van der Waals surface area contributed by atoms with E-state index in [-0.39, 0.29) is 0 Å². The van der Waals surface area contributed by atoms with Crippen LogP contribution in [0, 0.1) is 0 Å². The first-order chi connectivity index (χ1) is 8.85. The molecule has 1 aliphatic rings. The second-order valence-electron chi connectivity index (χ2n) is 5.62. The predicted molar refractivity (Wildman–Crippen MR) is 78.6 cm³/mol. The monoisotopic (exact) mass is 284 g/mol. The number of pyridine rings is 1. The van der Waals surface area contributed by atoms with Gasteiger partial charge >= 0.3 is 0 Å². The van der Waals surface area contributed by atoms with Crippen LogP contribution in [0.2, 0.25) is 5.15 Å². The van der Waals surface area contributed by atoms with Gasteiger partial charge in [0.2, 0.25) is 0 Å². The number of aliphatic hydroxyl groups is 1. The van der Waals surface area contributed by atoms with E-state index < -0.39 is 5.60 Å². The second-order valence-corrected chi connectivity index (χ2v) is 6.01. The number of aromatic nitrogens is 1. The summed E-state index contributed by atoms with van der Waals surface area (Å²) < 4.78 is 0. The highest BCUT2D eigenvalue weighted by atomic mass is 35.5. The lowest BCUT2D eigenvalue weighted by Crippen LogP contribution is -2.50. The summed E-state index contributed by atoms with van der Waals surface area (Å²) in [5, 5.41) is 10.3. The largest absolute Gasteiger partial charge is 0.396 e. The molecule has 1 aliphatic heterocycles. The Labute approximate surface area is 119 Å². The molecule has 2 heterocycles. The molecule has 5 nitrogen and oxygen atoms in total. The van der Waals surface area contributed by atoms with Crippen molar-refractivity contribution in [2.24, 2.45) is 0 Å². The first-order valence-corrected chi connectivity index (χ1v) is 6.85. The topological polar surface area (TPSA) is 65.6 Å². The highest BCUT2D eigenvalue weighted by molar-refractivity contribution is 6.29. The van der Waals surface area contributed by atoms with Gasteiger partial charge in [0.05, 0.1) is 11.3 Å². The number of nitrogen functional groups attached to an aromatic ring is 1. The Morgan fingerprint density at radius 2 is 1.95 bits per heavy atom. The van der Waals surface area contributed by atoms with Gasteiger partial charge in [0.25, 0.3) is 0 Å². The first-order valence-electron chi connectivity index (χ1n) is 6.47. The molecule has 0 saturated carbocycles. The molecule has 1 aromatic heterocycles. The van der Waals surface area contributed by atoms with Gasteiger partial charge in [0.1, 0.15) is 5.15 Å². The summed E-state index contributed by atoms with van der Waals surface area (Å²) in [4.78, 5) is 8.68. The number of nitrogens with two attached hydrogens (primary N) is 1. The minimum Gasteiger partial charge on any atom is -0.396 e. The van der Waals surface area contributed by atoms with Gasteiger partial charge in [-0.2, -0.15) is 0 Å². The number of hydrogen-bond acceptors (Lipinski definition) is 5. The van der Waals surface area contributed by atoms with E-state index in [1.165, 1.54) is 0 Å². The molecule has 106 valence electrons. The fourth-order valence-electron chi connectivity index (χ4n) is 2.35. The lowest BCUT2D eigenvalue weighted by atomic mass is 10.1. The van der Waals surface area contributed by atoms with E-state index in [2.05, 4.69) is 14.8 Å². The van der Waals surface area contributed by atoms with Crippen LogP contribution >= 0.6 is 11.6 Å². The average molecular weight is 285 g/mol. The van der Waals surface area contributed by atoms with Crippen LogP contribution in [0.25, 0.3) is 0 Å². The van der Waals surface area contributed by atoms with Crippen molar-refractivity contribution in [3.63, 3.8) is 0 Å². The summed E-state index contributed by atoms with van der Waals surface area (Å²) in [6.07, 6.45) is 0. The molecular weight excluding hydrogens is 264 g/mol. The maximum Gasteiger partial charge on any atom is 0.153 e. The highest BCUT2D eigenvalue weighted by Gasteiger charge is 2.24. The maximum atomic E-state index is 9.83. The van der Waals surface area contributed by atoms with Gasteiger partial charge in [-0.1, -0.05) is 11.6 Å². The quantitative estimate of drug-likeness (QED) is 0.817. The van der Waals surface area contributed by atoms with Crippen molar-refractivity contribution in [3.05, 3.63) is 17.3 Å². The van der Waals surface area contributed by atoms with Crippen LogP contribution in [0.3, 0.4) is 0 Å². The summed E-state index contributed by atoms with van der Waals surface area (Å²) >= 11 is 5.92. The molecule has 6 heteroatoms. The number of anilines is 2. The maximum absolute atomic E-state index is 9.83. The van der Waals surface area contributed by atoms with Crippen molar-refractivity contribution in [2.45, 2.75) is 19.4 Å². The Balaban J connectivity index is 1.98. The van der Waals surface area contributed by atoms with Crippen LogP contribution in [0.15, 0.2) is 12.1 Å². The summed E-state index contributed by atoms with van der Waals surface area (Å²) in [5.74, 6) is 0.760. The Morgan fingerprint density at radius 3 is 2.53 bits per heavy atom. The third kappa shape index (κ3) is 3.96. The Kier molecular flexibility index (Phi) is 4.18. The van der Waals surface area contributed by atoms with Crippen LogP contribution in [0.5, 0.6) is 0 Å². The molecule has 0 unspecified atom stereocenters. The van der Waals surface area contributed by atoms with Crippen molar-refractivity contribution >= 4 is 23.1 Å². The van der Waals surface area contributed by atoms with Gasteiger partial charge < -0.3 is 15.7 Å². The van der Waals surface area contributed by atoms with E-state index in [1.807, 2.05) is 13.8 Å². The summed E-state index contributed by atoms with van der Waals surface area (Å²) in [5.41, 5.74) is 5.94. The molecule has 0 bridgehead atoms. The molecule has 19 heavy (non-hydrogen) atoms. The Hall–Kier alpha value is -1.04. The van der Waals surface area contributed by atoms with Gasteiger partial charge in [-0.25, -0.2) is 4.98 Å². The minimum atomic E-state index is -0.657. The van der Waals surface area contributed by atoms with Crippen molar-refractivity contribution < 1.29 is 5.11 Å². The molecule has 1 aromatic rings. The lowest BCUT2D eigenvalue weighted by molar-refractivity contribution is 0.0345. The predicted octanol–water partition coefficient (Wildman–Crippen LogP) is 1.21. The van der Waals surface area contributed by atoms with E-state index in [1.54, 1.807) is 12.1 Å². The average Bonchev–Trinajstić information content (AvgIpc) is 2.31. The van der Waals surface area contributed by atoms with Crippen LogP contribution in [0.1, 0.15) is 13.8 Å². The third-order valence-electron chi connectivity index (χ3n) is 3.15. The molecular formula is C13H21ClN4O. The lowest BCUT2D eigenvalue weighted by Gasteiger charge is -2.38. The van der Waals surface area contributed by atoms with Crippen LogP contribution < -0.4 is 10.6 Å². The van der Waals surface area contributed by atoms with Crippen molar-refractivity contribution in [1.82, 2.24) is 9.88 Å². The molecule has 1 fully saturated rings. The number of halogens is 1. The van der Waals surface area contributed by atoms with Gasteiger partial charge in [0, 0.05) is 32.7 Å². The van der Waals surface area contributed by atoms with Gasteiger partial charge in [-0.3, -0.25) is 4.90 Å². The van der Waals surface area contributed by atoms with Crippen LogP contribution in [-0.2, 0) is 0 Å². The normalized spacial score (nSPS) is 17.8. The number of rotatable bonds is 3. The smallest absolute Gasteiger partial charge is 0.153 e. The van der Waals surface area contributed by atoms with Gasteiger partial charge in [0.15, 0.2) is 5.82 Å². The molecule has 0 atom stereocenters. The molecule has 0 aliphatic carbocycles. The molecule has 2 rings (SSSR count). The van der Waals surface area contributed by atoms with E-state index in [0.29, 0.717) is 17.4 Å². The zero-order chi connectivity index (χ0) is 14.0. The van der Waals surface area contributed by atoms with E-state index in [9.17, 15) is 5.11 Å². The Bertz CT molecular complexity index is 439. The SMILES string of the molecule is CC(C)(O)CN1CCN(c2nc(Cl)ccc2N)CC1. The van der Waals surface area contributed by atoms with Crippen molar-refractivity contribution in [1.29, 1.82) is 0 Å². The third-order valence-corrected chi connectivity index (χ3v) is 3.36. The number of nitrogens with zero attached hydrogens (tertiary/aromatic N) is 3. The summed E-state index contributed by atoms with van der Waals surface area (Å²) in [7, 11) is 0. The second kappa shape index (κ2) is 5.53. The molecule has 3 N–H and O–H groups in total. The van der Waals surface area contributed by atoms with Crippen LogP contribution in [0.4, 0.5) is 11.5 Å². The van der Waals surface area contributed by atoms with Gasteiger partial charge in [-0.15, -0.1) is 0 Å². The van der Waals surface area contributed by atoms with Gasteiger partial charge in [-0.05, 0) is 26.0 Å². The zero-order valence-electron chi connectivity index (χ0n) is 11.4. The van der Waals surface area contributed by atoms with Crippen molar-refractivity contribution in [3.8, 4) is 0 Å². The van der Waals surface area contributed by atoms with E-state index in [0.717, 1.165) is 32.0 Å². The Morgan fingerprint density at radius 1 is 1.32 bits per heavy atom.